The van der Waals surface area contributed by atoms with Crippen LogP contribution < -0.4 is 5.32 Å². The Bertz CT molecular complexity index is 388. The average molecular weight is 202 g/mol. The Morgan fingerprint density at radius 1 is 1.20 bits per heavy atom. The summed E-state index contributed by atoms with van der Waals surface area (Å²) in [5.74, 6) is 0. The lowest BCUT2D eigenvalue weighted by Crippen LogP contribution is -2.24. The number of nitrogens with zero attached hydrogens (tertiary/aromatic N) is 1. The topological polar surface area (TPSA) is 35.8 Å². The first kappa shape index (κ1) is 11.7. The highest BCUT2D eigenvalue weighted by Gasteiger charge is 2.03. The minimum absolute atomic E-state index is 0.0917. The average Bonchev–Trinajstić information content (AvgIpc) is 2.21. The zero-order valence-corrected chi connectivity index (χ0v) is 9.89. The summed E-state index contributed by atoms with van der Waals surface area (Å²) in [6.45, 7) is 8.99. The van der Waals surface area contributed by atoms with E-state index >= 15 is 0 Å². The molecule has 2 nitrogen and oxygen atoms in total. The van der Waals surface area contributed by atoms with Gasteiger partial charge in [0, 0.05) is 6.54 Å². The Morgan fingerprint density at radius 3 is 2.40 bits per heavy atom. The minimum Gasteiger partial charge on any atom is -0.298 e. The zero-order chi connectivity index (χ0) is 11.4. The SMILES string of the molecule is Cc1cc(C)c(CNC(C)C#N)cc1C. The van der Waals surface area contributed by atoms with Gasteiger partial charge in [0.1, 0.15) is 0 Å². The Labute approximate surface area is 91.9 Å². The van der Waals surface area contributed by atoms with Crippen molar-refractivity contribution < 1.29 is 0 Å². The monoisotopic (exact) mass is 202 g/mol. The summed E-state index contributed by atoms with van der Waals surface area (Å²) in [7, 11) is 0. The fraction of sp³-hybridized carbons (Fsp3) is 0.462. The molecule has 1 aromatic carbocycles. The van der Waals surface area contributed by atoms with Crippen molar-refractivity contribution in [1.29, 1.82) is 5.26 Å². The molecule has 1 aromatic rings. The van der Waals surface area contributed by atoms with Crippen molar-refractivity contribution in [3.05, 3.63) is 34.4 Å². The van der Waals surface area contributed by atoms with Gasteiger partial charge >= 0.3 is 0 Å². The van der Waals surface area contributed by atoms with Crippen LogP contribution in [0.2, 0.25) is 0 Å². The highest BCUT2D eigenvalue weighted by molar-refractivity contribution is 5.36. The van der Waals surface area contributed by atoms with E-state index in [1.807, 2.05) is 6.92 Å². The highest BCUT2D eigenvalue weighted by Crippen LogP contribution is 2.15. The number of nitrogens with one attached hydrogen (secondary N) is 1. The Hall–Kier alpha value is -1.33. The van der Waals surface area contributed by atoms with Crippen molar-refractivity contribution >= 4 is 0 Å². The Kier molecular flexibility index (Phi) is 3.88. The molecular formula is C13H18N2. The number of hydrogen-bond acceptors (Lipinski definition) is 2. The van der Waals surface area contributed by atoms with Crippen LogP contribution in [0.1, 0.15) is 29.2 Å². The van der Waals surface area contributed by atoms with E-state index in [4.69, 9.17) is 5.26 Å². The molecule has 1 rings (SSSR count). The molecule has 0 saturated carbocycles. The third-order valence-corrected chi connectivity index (χ3v) is 2.74. The smallest absolute Gasteiger partial charge is 0.0927 e. The molecule has 0 spiro atoms. The van der Waals surface area contributed by atoms with E-state index in [1.54, 1.807) is 0 Å². The maximum Gasteiger partial charge on any atom is 0.0927 e. The summed E-state index contributed by atoms with van der Waals surface area (Å²) in [6, 6.07) is 6.47. The molecule has 1 unspecified atom stereocenters. The summed E-state index contributed by atoms with van der Waals surface area (Å²) in [5.41, 5.74) is 5.20. The predicted octanol–water partition coefficient (Wildman–Crippen LogP) is 2.61. The lowest BCUT2D eigenvalue weighted by atomic mass is 10.0. The summed E-state index contributed by atoms with van der Waals surface area (Å²) >= 11 is 0. The van der Waals surface area contributed by atoms with Gasteiger partial charge in [0.2, 0.25) is 0 Å². The number of aryl methyl sites for hydroxylation is 3. The van der Waals surface area contributed by atoms with Crippen LogP contribution in [-0.4, -0.2) is 6.04 Å². The molecule has 0 saturated heterocycles. The number of benzene rings is 1. The van der Waals surface area contributed by atoms with Crippen LogP contribution in [0.15, 0.2) is 12.1 Å². The third kappa shape index (κ3) is 3.07. The molecule has 80 valence electrons. The molecular weight excluding hydrogens is 184 g/mol. The Balaban J connectivity index is 2.78. The second-order valence-electron chi connectivity index (χ2n) is 4.09. The van der Waals surface area contributed by atoms with E-state index in [0.29, 0.717) is 0 Å². The normalized spacial score (nSPS) is 12.2. The van der Waals surface area contributed by atoms with E-state index < -0.39 is 0 Å². The van der Waals surface area contributed by atoms with Crippen LogP contribution >= 0.6 is 0 Å². The van der Waals surface area contributed by atoms with Gasteiger partial charge in [0.05, 0.1) is 12.1 Å². The fourth-order valence-electron chi connectivity index (χ4n) is 1.52. The second kappa shape index (κ2) is 4.95. The van der Waals surface area contributed by atoms with Gasteiger partial charge < -0.3 is 0 Å². The maximum atomic E-state index is 8.67. The summed E-state index contributed by atoms with van der Waals surface area (Å²) in [5, 5.41) is 11.8. The molecule has 0 heterocycles. The Morgan fingerprint density at radius 2 is 1.80 bits per heavy atom. The first-order chi connectivity index (χ1) is 7.04. The van der Waals surface area contributed by atoms with Crippen molar-refractivity contribution in [1.82, 2.24) is 5.32 Å². The van der Waals surface area contributed by atoms with Crippen LogP contribution in [0.3, 0.4) is 0 Å². The molecule has 0 aliphatic heterocycles. The number of rotatable bonds is 3. The molecule has 15 heavy (non-hydrogen) atoms. The van der Waals surface area contributed by atoms with Crippen molar-refractivity contribution in [2.24, 2.45) is 0 Å². The predicted molar refractivity (Wildman–Crippen MR) is 62.6 cm³/mol. The van der Waals surface area contributed by atoms with Gasteiger partial charge in [0.25, 0.3) is 0 Å². The summed E-state index contributed by atoms with van der Waals surface area (Å²) in [6.07, 6.45) is 0. The van der Waals surface area contributed by atoms with Crippen LogP contribution in [-0.2, 0) is 6.54 Å². The lowest BCUT2D eigenvalue weighted by Gasteiger charge is -2.11. The largest absolute Gasteiger partial charge is 0.298 e. The molecule has 0 bridgehead atoms. The molecule has 0 aromatic heterocycles. The lowest BCUT2D eigenvalue weighted by molar-refractivity contribution is 0.640. The minimum atomic E-state index is -0.0917. The molecule has 0 aliphatic carbocycles. The second-order valence-corrected chi connectivity index (χ2v) is 4.09. The van der Waals surface area contributed by atoms with Gasteiger partial charge in [-0.05, 0) is 49.9 Å². The summed E-state index contributed by atoms with van der Waals surface area (Å²) < 4.78 is 0. The van der Waals surface area contributed by atoms with Gasteiger partial charge in [-0.25, -0.2) is 0 Å². The first-order valence-electron chi connectivity index (χ1n) is 5.24. The number of hydrogen-bond donors (Lipinski definition) is 1. The fourth-order valence-corrected chi connectivity index (χ4v) is 1.52. The van der Waals surface area contributed by atoms with E-state index in [2.05, 4.69) is 44.3 Å². The van der Waals surface area contributed by atoms with Gasteiger partial charge in [-0.2, -0.15) is 5.26 Å². The van der Waals surface area contributed by atoms with E-state index in [1.165, 1.54) is 22.3 Å². The van der Waals surface area contributed by atoms with Crippen LogP contribution in [0, 0.1) is 32.1 Å². The zero-order valence-electron chi connectivity index (χ0n) is 9.89. The van der Waals surface area contributed by atoms with E-state index in [-0.39, 0.29) is 6.04 Å². The van der Waals surface area contributed by atoms with Crippen LogP contribution in [0.4, 0.5) is 0 Å². The van der Waals surface area contributed by atoms with Gasteiger partial charge in [-0.1, -0.05) is 12.1 Å². The van der Waals surface area contributed by atoms with E-state index in [0.717, 1.165) is 6.54 Å². The molecule has 1 atom stereocenters. The molecule has 1 N–H and O–H groups in total. The number of nitriles is 1. The quantitative estimate of drug-likeness (QED) is 0.817. The van der Waals surface area contributed by atoms with Crippen molar-refractivity contribution in [2.75, 3.05) is 0 Å². The standard InChI is InChI=1S/C13H18N2/c1-9-5-11(3)13(6-10(9)2)8-15-12(4)7-14/h5-6,12,15H,8H2,1-4H3. The van der Waals surface area contributed by atoms with Gasteiger partial charge in [-0.3, -0.25) is 5.32 Å². The van der Waals surface area contributed by atoms with Crippen molar-refractivity contribution in [3.63, 3.8) is 0 Å². The summed E-state index contributed by atoms with van der Waals surface area (Å²) in [4.78, 5) is 0. The van der Waals surface area contributed by atoms with Gasteiger partial charge in [0.15, 0.2) is 0 Å². The molecule has 0 amide bonds. The van der Waals surface area contributed by atoms with Crippen LogP contribution in [0.5, 0.6) is 0 Å². The third-order valence-electron chi connectivity index (χ3n) is 2.74. The molecule has 0 aliphatic rings. The van der Waals surface area contributed by atoms with Crippen molar-refractivity contribution in [2.45, 2.75) is 40.3 Å². The first-order valence-corrected chi connectivity index (χ1v) is 5.24. The van der Waals surface area contributed by atoms with Gasteiger partial charge in [-0.15, -0.1) is 0 Å². The molecule has 2 heteroatoms. The molecule has 0 fully saturated rings. The van der Waals surface area contributed by atoms with E-state index in [9.17, 15) is 0 Å². The van der Waals surface area contributed by atoms with Crippen LogP contribution in [0.25, 0.3) is 0 Å². The molecule has 0 radical (unpaired) electrons. The highest BCUT2D eigenvalue weighted by atomic mass is 14.9. The van der Waals surface area contributed by atoms with Crippen molar-refractivity contribution in [3.8, 4) is 6.07 Å². The maximum absolute atomic E-state index is 8.67.